The number of carbonyl (C=O) groups is 2. The van der Waals surface area contributed by atoms with E-state index in [0.717, 1.165) is 5.56 Å². The third-order valence-corrected chi connectivity index (χ3v) is 5.48. The number of aromatic nitrogens is 2. The Hall–Kier alpha value is -4.70. The van der Waals surface area contributed by atoms with Crippen molar-refractivity contribution in [2.24, 2.45) is 0 Å². The van der Waals surface area contributed by atoms with Gasteiger partial charge < -0.3 is 5.32 Å². The molecule has 0 aliphatic carbocycles. The van der Waals surface area contributed by atoms with Crippen molar-refractivity contribution >= 4 is 45.7 Å². The largest absolute Gasteiger partial charge is 0.323 e. The second-order valence-electron chi connectivity index (χ2n) is 6.98. The first kappa shape index (κ1) is 22.5. The Morgan fingerprint density at radius 2 is 1.68 bits per heavy atom. The molecule has 0 atom stereocenters. The topological polar surface area (TPSA) is 127 Å². The van der Waals surface area contributed by atoms with Gasteiger partial charge in [0.1, 0.15) is 5.01 Å². The van der Waals surface area contributed by atoms with Crippen molar-refractivity contribution in [3.63, 3.8) is 0 Å². The highest BCUT2D eigenvalue weighted by Gasteiger charge is 2.11. The Morgan fingerprint density at radius 3 is 2.41 bits per heavy atom. The number of anilines is 2. The van der Waals surface area contributed by atoms with Crippen LogP contribution < -0.4 is 10.6 Å². The molecule has 0 aliphatic rings. The highest BCUT2D eigenvalue weighted by atomic mass is 32.1. The molecule has 4 rings (SSSR count). The molecule has 0 fully saturated rings. The second-order valence-corrected chi connectivity index (χ2v) is 7.96. The average molecular weight is 471 g/mol. The number of hydrogen-bond acceptors (Lipinski definition) is 7. The molecule has 4 aromatic rings. The number of carbonyl (C=O) groups excluding carboxylic acids is 2. The van der Waals surface area contributed by atoms with Crippen LogP contribution in [0, 0.1) is 10.1 Å². The highest BCUT2D eigenvalue weighted by Crippen LogP contribution is 2.26. The van der Waals surface area contributed by atoms with Crippen LogP contribution in [0.1, 0.15) is 15.9 Å². The maximum Gasteiger partial charge on any atom is 0.270 e. The normalized spacial score (nSPS) is 10.7. The predicted octanol–water partition coefficient (Wildman–Crippen LogP) is 5.02. The highest BCUT2D eigenvalue weighted by molar-refractivity contribution is 7.18. The summed E-state index contributed by atoms with van der Waals surface area (Å²) in [5.41, 5.74) is 2.28. The molecule has 2 N–H and O–H groups in total. The molecule has 0 radical (unpaired) electrons. The standard InChI is InChI=1S/C24H17N5O4S/c30-21(14-9-16-5-4-8-20(15-16)29(32)33)25-19-12-10-17(11-13-19)22(31)26-24-28-27-23(34-24)18-6-2-1-3-7-18/h1-15H,(H,25,30)(H,26,28,31)/b14-9+. The van der Waals surface area contributed by atoms with Crippen LogP contribution in [-0.4, -0.2) is 26.9 Å². The third kappa shape index (κ3) is 5.75. The molecule has 10 heteroatoms. The van der Waals surface area contributed by atoms with Crippen molar-refractivity contribution in [1.82, 2.24) is 10.2 Å². The molecule has 0 spiro atoms. The maximum absolute atomic E-state index is 12.5. The summed E-state index contributed by atoms with van der Waals surface area (Å²) in [5.74, 6) is -0.759. The van der Waals surface area contributed by atoms with Gasteiger partial charge in [-0.15, -0.1) is 10.2 Å². The Morgan fingerprint density at radius 1 is 0.912 bits per heavy atom. The lowest BCUT2D eigenvalue weighted by atomic mass is 10.2. The molecule has 0 bridgehead atoms. The SMILES string of the molecule is O=C(/C=C/c1cccc([N+](=O)[O-])c1)Nc1ccc(C(=O)Nc2nnc(-c3ccccc3)s2)cc1. The van der Waals surface area contributed by atoms with Crippen molar-refractivity contribution in [1.29, 1.82) is 0 Å². The number of nitrogens with zero attached hydrogens (tertiary/aromatic N) is 3. The van der Waals surface area contributed by atoms with E-state index in [4.69, 9.17) is 0 Å². The van der Waals surface area contributed by atoms with Gasteiger partial charge in [-0.2, -0.15) is 0 Å². The molecule has 1 aromatic heterocycles. The molecule has 2 amide bonds. The zero-order valence-electron chi connectivity index (χ0n) is 17.5. The Labute approximate surface area is 197 Å². The van der Waals surface area contributed by atoms with Crippen LogP contribution >= 0.6 is 11.3 Å². The van der Waals surface area contributed by atoms with Crippen LogP contribution in [0.5, 0.6) is 0 Å². The lowest BCUT2D eigenvalue weighted by molar-refractivity contribution is -0.384. The average Bonchev–Trinajstić information content (AvgIpc) is 3.32. The number of benzene rings is 3. The Kier molecular flexibility index (Phi) is 6.80. The minimum Gasteiger partial charge on any atom is -0.323 e. The molecule has 34 heavy (non-hydrogen) atoms. The van der Waals surface area contributed by atoms with Crippen LogP contribution in [0.3, 0.4) is 0 Å². The van der Waals surface area contributed by atoms with E-state index in [1.807, 2.05) is 30.3 Å². The summed E-state index contributed by atoms with van der Waals surface area (Å²) in [6, 6.07) is 21.9. The molecule has 9 nitrogen and oxygen atoms in total. The molecule has 0 saturated heterocycles. The van der Waals surface area contributed by atoms with E-state index >= 15 is 0 Å². The number of hydrogen-bond donors (Lipinski definition) is 2. The lowest BCUT2D eigenvalue weighted by Gasteiger charge is -2.05. The number of nitrogens with one attached hydrogen (secondary N) is 2. The fourth-order valence-electron chi connectivity index (χ4n) is 2.94. The van der Waals surface area contributed by atoms with Crippen LogP contribution in [-0.2, 0) is 4.79 Å². The molecule has 1 heterocycles. The van der Waals surface area contributed by atoms with Gasteiger partial charge in [-0.1, -0.05) is 53.8 Å². The van der Waals surface area contributed by atoms with Gasteiger partial charge in [0.25, 0.3) is 11.6 Å². The van der Waals surface area contributed by atoms with Crippen LogP contribution in [0.2, 0.25) is 0 Å². The Bertz CT molecular complexity index is 1370. The van der Waals surface area contributed by atoms with Gasteiger partial charge in [-0.05, 0) is 35.9 Å². The van der Waals surface area contributed by atoms with Gasteiger partial charge in [0.15, 0.2) is 0 Å². The molecular weight excluding hydrogens is 454 g/mol. The van der Waals surface area contributed by atoms with E-state index in [1.165, 1.54) is 35.6 Å². The minimum atomic E-state index is -0.498. The van der Waals surface area contributed by atoms with E-state index in [0.29, 0.717) is 27.0 Å². The zero-order chi connectivity index (χ0) is 23.9. The zero-order valence-corrected chi connectivity index (χ0v) is 18.4. The summed E-state index contributed by atoms with van der Waals surface area (Å²) in [6.45, 7) is 0. The monoisotopic (exact) mass is 471 g/mol. The van der Waals surface area contributed by atoms with Crippen molar-refractivity contribution in [2.75, 3.05) is 10.6 Å². The van der Waals surface area contributed by atoms with Gasteiger partial charge in [0.05, 0.1) is 4.92 Å². The molecule has 3 aromatic carbocycles. The molecule has 168 valence electrons. The summed E-state index contributed by atoms with van der Waals surface area (Å²) < 4.78 is 0. The smallest absolute Gasteiger partial charge is 0.270 e. The van der Waals surface area contributed by atoms with Gasteiger partial charge in [-0.25, -0.2) is 0 Å². The number of nitro groups is 1. The molecule has 0 aliphatic heterocycles. The van der Waals surface area contributed by atoms with Crippen molar-refractivity contribution in [3.8, 4) is 10.6 Å². The van der Waals surface area contributed by atoms with E-state index in [2.05, 4.69) is 20.8 Å². The van der Waals surface area contributed by atoms with E-state index in [-0.39, 0.29) is 11.6 Å². The molecule has 0 unspecified atom stereocenters. The Balaban J connectivity index is 1.34. The van der Waals surface area contributed by atoms with Crippen molar-refractivity contribution in [3.05, 3.63) is 106 Å². The van der Waals surface area contributed by atoms with Gasteiger partial charge in [0.2, 0.25) is 11.0 Å². The number of non-ortho nitro benzene ring substituents is 1. The van der Waals surface area contributed by atoms with Crippen LogP contribution in [0.25, 0.3) is 16.6 Å². The fraction of sp³-hybridized carbons (Fsp3) is 0. The number of nitro benzene ring substituents is 1. The third-order valence-electron chi connectivity index (χ3n) is 4.59. The van der Waals surface area contributed by atoms with Crippen molar-refractivity contribution < 1.29 is 14.5 Å². The maximum atomic E-state index is 12.5. The van der Waals surface area contributed by atoms with E-state index in [9.17, 15) is 19.7 Å². The summed E-state index contributed by atoms with van der Waals surface area (Å²) in [7, 11) is 0. The van der Waals surface area contributed by atoms with E-state index < -0.39 is 10.8 Å². The minimum absolute atomic E-state index is 0.0544. The first-order valence-electron chi connectivity index (χ1n) is 10.0. The fourth-order valence-corrected chi connectivity index (χ4v) is 3.69. The summed E-state index contributed by atoms with van der Waals surface area (Å²) >= 11 is 1.27. The first-order chi connectivity index (χ1) is 16.5. The summed E-state index contributed by atoms with van der Waals surface area (Å²) in [6.07, 6.45) is 2.76. The lowest BCUT2D eigenvalue weighted by Crippen LogP contribution is -2.12. The van der Waals surface area contributed by atoms with Crippen LogP contribution in [0.15, 0.2) is 84.9 Å². The summed E-state index contributed by atoms with van der Waals surface area (Å²) in [5, 5.41) is 25.4. The van der Waals surface area contributed by atoms with Crippen LogP contribution in [0.4, 0.5) is 16.5 Å². The van der Waals surface area contributed by atoms with Gasteiger partial charge in [0, 0.05) is 35.0 Å². The van der Waals surface area contributed by atoms with Gasteiger partial charge >= 0.3 is 0 Å². The van der Waals surface area contributed by atoms with E-state index in [1.54, 1.807) is 36.4 Å². The van der Waals surface area contributed by atoms with Crippen molar-refractivity contribution in [2.45, 2.75) is 0 Å². The number of rotatable bonds is 7. The van der Waals surface area contributed by atoms with Gasteiger partial charge in [-0.3, -0.25) is 25.0 Å². The number of amides is 2. The predicted molar refractivity (Wildman–Crippen MR) is 131 cm³/mol. The summed E-state index contributed by atoms with van der Waals surface area (Å²) in [4.78, 5) is 35.0. The first-order valence-corrected chi connectivity index (χ1v) is 10.8. The molecule has 0 saturated carbocycles. The second kappa shape index (κ2) is 10.3. The molecular formula is C24H17N5O4S. The quantitative estimate of drug-likeness (QED) is 0.221.